The van der Waals surface area contributed by atoms with Crippen LogP contribution in [0.5, 0.6) is 0 Å². The van der Waals surface area contributed by atoms with Gasteiger partial charge in [0.2, 0.25) is 0 Å². The van der Waals surface area contributed by atoms with Crippen LogP contribution in [-0.2, 0) is 14.4 Å². The summed E-state index contributed by atoms with van der Waals surface area (Å²) in [5.41, 5.74) is 1.40. The molecule has 9 heteroatoms. The predicted octanol–water partition coefficient (Wildman–Crippen LogP) is 4.86. The summed E-state index contributed by atoms with van der Waals surface area (Å²) in [6.45, 7) is 5.35. The van der Waals surface area contributed by atoms with E-state index in [9.17, 15) is 14.4 Å². The fourth-order valence-electron chi connectivity index (χ4n) is 6.01. The van der Waals surface area contributed by atoms with Gasteiger partial charge in [0, 0.05) is 5.71 Å². The maximum absolute atomic E-state index is 14.8. The summed E-state index contributed by atoms with van der Waals surface area (Å²) in [6.07, 6.45) is 0.410. The molecule has 3 aliphatic heterocycles. The van der Waals surface area contributed by atoms with Gasteiger partial charge in [-0.3, -0.25) is 14.4 Å². The molecule has 200 valence electrons. The zero-order valence-corrected chi connectivity index (χ0v) is 22.4. The molecule has 9 nitrogen and oxygen atoms in total. The predicted molar refractivity (Wildman–Crippen MR) is 155 cm³/mol. The van der Waals surface area contributed by atoms with E-state index >= 15 is 0 Å². The van der Waals surface area contributed by atoms with Crippen LogP contribution >= 0.6 is 0 Å². The van der Waals surface area contributed by atoms with Gasteiger partial charge in [-0.2, -0.15) is 20.3 Å². The Morgan fingerprint density at radius 2 is 1.07 bits per heavy atom. The van der Waals surface area contributed by atoms with Crippen molar-refractivity contribution in [2.45, 2.75) is 27.2 Å². The Morgan fingerprint density at radius 3 is 1.57 bits per heavy atom. The van der Waals surface area contributed by atoms with Crippen molar-refractivity contribution in [3.8, 4) is 0 Å². The standard InChI is InChI=1S/C31H28N6O3/c1-4-25-27(29(39)36(34-25)23-16-10-6-11-17-23)31(21(3)33-37(30(31)40)24-18-12-7-13-19-24)26-20(2)32-35(28(26)38)22-14-8-5-9-15-22/h5-19,26-27H,4H2,1-3H3/t26-,27-,31+/m1/s1. The Morgan fingerprint density at radius 1 is 0.625 bits per heavy atom. The molecule has 0 N–H and O–H groups in total. The maximum Gasteiger partial charge on any atom is 0.261 e. The van der Waals surface area contributed by atoms with Gasteiger partial charge in [-0.15, -0.1) is 0 Å². The zero-order valence-electron chi connectivity index (χ0n) is 22.4. The Kier molecular flexibility index (Phi) is 6.14. The Hall–Kier alpha value is -4.92. The van der Waals surface area contributed by atoms with Crippen molar-refractivity contribution in [2.75, 3.05) is 15.0 Å². The molecule has 0 aliphatic carbocycles. The molecule has 40 heavy (non-hydrogen) atoms. The summed E-state index contributed by atoms with van der Waals surface area (Å²) in [7, 11) is 0. The van der Waals surface area contributed by atoms with Gasteiger partial charge in [0.15, 0.2) is 0 Å². The third-order valence-electron chi connectivity index (χ3n) is 7.82. The maximum atomic E-state index is 14.8. The van der Waals surface area contributed by atoms with Crippen LogP contribution in [-0.4, -0.2) is 34.9 Å². The van der Waals surface area contributed by atoms with E-state index in [0.29, 0.717) is 40.6 Å². The molecular formula is C31H28N6O3. The number of benzene rings is 3. The smallest absolute Gasteiger partial charge is 0.261 e. The normalized spacial score (nSPS) is 24.5. The number of para-hydroxylation sites is 3. The number of anilines is 3. The second kappa shape index (κ2) is 9.68. The zero-order chi connectivity index (χ0) is 28.0. The molecule has 3 aromatic rings. The summed E-state index contributed by atoms with van der Waals surface area (Å²) >= 11 is 0. The first kappa shape index (κ1) is 25.4. The van der Waals surface area contributed by atoms with Crippen molar-refractivity contribution in [3.63, 3.8) is 0 Å². The second-order valence-corrected chi connectivity index (χ2v) is 10.0. The number of carbonyl (C=O) groups is 3. The van der Waals surface area contributed by atoms with Gasteiger partial charge >= 0.3 is 0 Å². The average Bonchev–Trinajstić information content (AvgIpc) is 3.58. The van der Waals surface area contributed by atoms with E-state index in [1.54, 1.807) is 50.2 Å². The van der Waals surface area contributed by atoms with Crippen LogP contribution in [0.15, 0.2) is 106 Å². The molecule has 3 heterocycles. The van der Waals surface area contributed by atoms with Gasteiger partial charge in [-0.1, -0.05) is 61.5 Å². The minimum absolute atomic E-state index is 0.374. The molecule has 0 radical (unpaired) electrons. The molecule has 3 aliphatic rings. The monoisotopic (exact) mass is 532 g/mol. The van der Waals surface area contributed by atoms with Crippen molar-refractivity contribution >= 4 is 51.9 Å². The van der Waals surface area contributed by atoms with E-state index in [2.05, 4.69) is 5.10 Å². The first-order chi connectivity index (χ1) is 19.4. The topological polar surface area (TPSA) is 98.0 Å². The fraction of sp³-hybridized carbons (Fsp3) is 0.226. The largest absolute Gasteiger partial charge is 0.272 e. The lowest BCUT2D eigenvalue weighted by molar-refractivity contribution is -0.136. The molecule has 3 amide bonds. The highest BCUT2D eigenvalue weighted by Gasteiger charge is 2.68. The highest BCUT2D eigenvalue weighted by Crippen LogP contribution is 2.51. The highest BCUT2D eigenvalue weighted by atomic mass is 16.2. The minimum atomic E-state index is -1.65. The highest BCUT2D eigenvalue weighted by molar-refractivity contribution is 6.33. The summed E-state index contributed by atoms with van der Waals surface area (Å²) in [6, 6.07) is 27.2. The quantitative estimate of drug-likeness (QED) is 0.453. The van der Waals surface area contributed by atoms with Crippen LogP contribution in [0.25, 0.3) is 0 Å². The molecule has 0 saturated carbocycles. The molecule has 0 fully saturated rings. The first-order valence-corrected chi connectivity index (χ1v) is 13.2. The van der Waals surface area contributed by atoms with Crippen LogP contribution in [0.2, 0.25) is 0 Å². The van der Waals surface area contributed by atoms with Gasteiger partial charge in [0.1, 0.15) is 17.3 Å². The van der Waals surface area contributed by atoms with Gasteiger partial charge in [0.25, 0.3) is 17.7 Å². The lowest BCUT2D eigenvalue weighted by atomic mass is 9.60. The summed E-state index contributed by atoms with van der Waals surface area (Å²) in [4.78, 5) is 43.4. The summed E-state index contributed by atoms with van der Waals surface area (Å²) in [5, 5.41) is 18.0. The van der Waals surface area contributed by atoms with Crippen molar-refractivity contribution < 1.29 is 14.4 Å². The van der Waals surface area contributed by atoms with E-state index in [1.165, 1.54) is 15.0 Å². The molecule has 0 saturated heterocycles. The molecule has 0 aromatic heterocycles. The SMILES string of the molecule is CCC1=NN(c2ccccc2)C(=O)[C@@H]1[C@]1([C@H]2C(=O)N(c3ccccc3)N=C2C)C(=O)N(c2ccccc2)N=C1C. The fourth-order valence-corrected chi connectivity index (χ4v) is 6.01. The second-order valence-electron chi connectivity index (χ2n) is 10.0. The van der Waals surface area contributed by atoms with E-state index in [4.69, 9.17) is 10.2 Å². The van der Waals surface area contributed by atoms with E-state index < -0.39 is 23.2 Å². The van der Waals surface area contributed by atoms with Crippen molar-refractivity contribution in [1.82, 2.24) is 0 Å². The Balaban J connectivity index is 1.53. The number of nitrogens with zero attached hydrogens (tertiary/aromatic N) is 6. The number of hydrogen-bond acceptors (Lipinski definition) is 6. The first-order valence-electron chi connectivity index (χ1n) is 13.2. The average molecular weight is 533 g/mol. The lowest BCUT2D eigenvalue weighted by Crippen LogP contribution is -2.59. The summed E-state index contributed by atoms with van der Waals surface area (Å²) in [5.74, 6) is -3.31. The third kappa shape index (κ3) is 3.61. The van der Waals surface area contributed by atoms with Crippen molar-refractivity contribution in [3.05, 3.63) is 91.0 Å². The van der Waals surface area contributed by atoms with E-state index in [-0.39, 0.29) is 11.8 Å². The molecular weight excluding hydrogens is 504 g/mol. The van der Waals surface area contributed by atoms with Crippen molar-refractivity contribution in [2.24, 2.45) is 32.6 Å². The molecule has 3 atom stereocenters. The number of amides is 3. The van der Waals surface area contributed by atoms with Gasteiger partial charge in [0.05, 0.1) is 28.5 Å². The molecule has 0 bridgehead atoms. The third-order valence-corrected chi connectivity index (χ3v) is 7.82. The van der Waals surface area contributed by atoms with Crippen LogP contribution in [0.4, 0.5) is 17.1 Å². The van der Waals surface area contributed by atoms with Crippen LogP contribution in [0, 0.1) is 17.3 Å². The number of rotatable bonds is 6. The molecule has 0 unspecified atom stereocenters. The van der Waals surface area contributed by atoms with Crippen LogP contribution in [0.3, 0.4) is 0 Å². The van der Waals surface area contributed by atoms with E-state index in [1.807, 2.05) is 61.5 Å². The van der Waals surface area contributed by atoms with Crippen molar-refractivity contribution in [1.29, 1.82) is 0 Å². The van der Waals surface area contributed by atoms with Gasteiger partial charge in [-0.25, -0.2) is 10.0 Å². The number of hydrogen-bond donors (Lipinski definition) is 0. The summed E-state index contributed by atoms with van der Waals surface area (Å²) < 4.78 is 0. The Bertz CT molecular complexity index is 1590. The Labute approximate surface area is 232 Å². The van der Waals surface area contributed by atoms with E-state index in [0.717, 1.165) is 0 Å². The number of carbonyl (C=O) groups excluding carboxylic acids is 3. The lowest BCUT2D eigenvalue weighted by Gasteiger charge is -2.37. The van der Waals surface area contributed by atoms with Gasteiger partial charge < -0.3 is 0 Å². The minimum Gasteiger partial charge on any atom is -0.272 e. The van der Waals surface area contributed by atoms with Crippen LogP contribution < -0.4 is 15.0 Å². The molecule has 0 spiro atoms. The molecule has 6 rings (SSSR count). The van der Waals surface area contributed by atoms with Crippen LogP contribution in [0.1, 0.15) is 27.2 Å². The molecule has 3 aromatic carbocycles. The number of hydrazone groups is 3. The van der Waals surface area contributed by atoms with Gasteiger partial charge in [-0.05, 0) is 56.7 Å².